The van der Waals surface area contributed by atoms with Gasteiger partial charge in [0.1, 0.15) is 11.6 Å². The summed E-state index contributed by atoms with van der Waals surface area (Å²) in [6.07, 6.45) is 1.14. The van der Waals surface area contributed by atoms with Crippen molar-refractivity contribution in [3.8, 4) is 0 Å². The van der Waals surface area contributed by atoms with Crippen LogP contribution in [-0.2, 0) is 4.79 Å². The molecule has 0 unspecified atom stereocenters. The Hall–Kier alpha value is -3.07. The van der Waals surface area contributed by atoms with Crippen LogP contribution in [0.2, 0.25) is 0 Å². The van der Waals surface area contributed by atoms with Gasteiger partial charge in [-0.1, -0.05) is 11.3 Å². The summed E-state index contributed by atoms with van der Waals surface area (Å²) < 4.78 is 26.9. The number of rotatable bonds is 5. The van der Waals surface area contributed by atoms with E-state index in [4.69, 9.17) is 11.1 Å². The third-order valence-corrected chi connectivity index (χ3v) is 4.36. The number of carbonyl (C=O) groups is 1. The number of hydrogen-bond acceptors (Lipinski definition) is 6. The molecule has 0 radical (unpaired) electrons. The third-order valence-electron chi connectivity index (χ3n) is 3.34. The van der Waals surface area contributed by atoms with Gasteiger partial charge in [-0.3, -0.25) is 4.79 Å². The molecular formula is C16H13F2N5OS. The number of nitrogens with zero attached hydrogens (tertiary/aromatic N) is 1. The van der Waals surface area contributed by atoms with Gasteiger partial charge in [-0.15, -0.1) is 0 Å². The Labute approximate surface area is 145 Å². The number of amides is 1. The number of benzene rings is 2. The average Bonchev–Trinajstić information content (AvgIpc) is 2.94. The van der Waals surface area contributed by atoms with Gasteiger partial charge < -0.3 is 21.8 Å². The molecule has 1 amide bonds. The summed E-state index contributed by atoms with van der Waals surface area (Å²) in [7, 11) is 0. The monoisotopic (exact) mass is 361 g/mol. The Morgan fingerprint density at radius 1 is 1.28 bits per heavy atom. The maximum Gasteiger partial charge on any atom is 0.245 e. The highest BCUT2D eigenvalue weighted by atomic mass is 32.1. The van der Waals surface area contributed by atoms with Gasteiger partial charge in [-0.2, -0.15) is 0 Å². The average molecular weight is 361 g/mol. The van der Waals surface area contributed by atoms with Gasteiger partial charge in [-0.05, 0) is 24.3 Å². The third kappa shape index (κ3) is 3.72. The van der Waals surface area contributed by atoms with Crippen molar-refractivity contribution in [2.45, 2.75) is 0 Å². The minimum atomic E-state index is -0.731. The Balaban J connectivity index is 1.70. The second kappa shape index (κ2) is 6.81. The first-order chi connectivity index (χ1) is 12.0. The maximum atomic E-state index is 13.1. The van der Waals surface area contributed by atoms with E-state index in [1.165, 1.54) is 11.3 Å². The molecular weight excluding hydrogens is 348 g/mol. The van der Waals surface area contributed by atoms with Crippen LogP contribution in [0.15, 0.2) is 30.3 Å². The standard InChI is InChI=1S/C16H13F2N5OS/c17-8-3-9(18)5-10(4-8)21-7-14(24)23-16-22-13-2-1-12(20)11(6-19)15(13)25-16/h1-6,19,21H,7,20H2,(H,22,23,24). The zero-order valence-corrected chi connectivity index (χ0v) is 13.6. The molecule has 6 nitrogen and oxygen atoms in total. The van der Waals surface area contributed by atoms with Crippen LogP contribution in [0.5, 0.6) is 0 Å². The van der Waals surface area contributed by atoms with Gasteiger partial charge in [0.15, 0.2) is 5.13 Å². The van der Waals surface area contributed by atoms with Crippen LogP contribution < -0.4 is 16.4 Å². The molecule has 0 aliphatic carbocycles. The van der Waals surface area contributed by atoms with Crippen molar-refractivity contribution in [2.75, 3.05) is 22.9 Å². The number of fused-ring (bicyclic) bond motifs is 1. The number of nitrogens with two attached hydrogens (primary N) is 1. The van der Waals surface area contributed by atoms with Crippen LogP contribution in [0.1, 0.15) is 5.56 Å². The summed E-state index contributed by atoms with van der Waals surface area (Å²) in [5.41, 5.74) is 7.60. The molecule has 9 heteroatoms. The highest BCUT2D eigenvalue weighted by Gasteiger charge is 2.12. The molecule has 3 aromatic rings. The molecule has 1 aromatic heterocycles. The van der Waals surface area contributed by atoms with E-state index in [9.17, 15) is 13.6 Å². The van der Waals surface area contributed by atoms with Crippen LogP contribution in [0.3, 0.4) is 0 Å². The molecule has 0 aliphatic rings. The van der Waals surface area contributed by atoms with Gasteiger partial charge >= 0.3 is 0 Å². The number of hydrogen-bond donors (Lipinski definition) is 4. The second-order valence-electron chi connectivity index (χ2n) is 5.14. The lowest BCUT2D eigenvalue weighted by atomic mass is 10.2. The molecule has 25 heavy (non-hydrogen) atoms. The lowest BCUT2D eigenvalue weighted by Gasteiger charge is -2.06. The van der Waals surface area contributed by atoms with E-state index in [0.29, 0.717) is 26.6 Å². The normalized spacial score (nSPS) is 10.6. The van der Waals surface area contributed by atoms with Crippen LogP contribution in [-0.4, -0.2) is 23.7 Å². The predicted octanol–water partition coefficient (Wildman–Crippen LogP) is 3.20. The highest BCUT2D eigenvalue weighted by molar-refractivity contribution is 7.22. The summed E-state index contributed by atoms with van der Waals surface area (Å²) in [6, 6.07) is 6.28. The first-order valence-corrected chi connectivity index (χ1v) is 7.97. The minimum absolute atomic E-state index is 0.163. The first-order valence-electron chi connectivity index (χ1n) is 7.15. The Morgan fingerprint density at radius 3 is 2.68 bits per heavy atom. The minimum Gasteiger partial charge on any atom is -0.398 e. The van der Waals surface area contributed by atoms with Gasteiger partial charge in [0.05, 0.1) is 16.8 Å². The van der Waals surface area contributed by atoms with Crippen LogP contribution in [0.25, 0.3) is 10.2 Å². The van der Waals surface area contributed by atoms with Crippen molar-refractivity contribution in [3.63, 3.8) is 0 Å². The first kappa shape index (κ1) is 16.8. The molecule has 0 atom stereocenters. The number of aromatic nitrogens is 1. The van der Waals surface area contributed by atoms with Crippen molar-refractivity contribution in [3.05, 3.63) is 47.5 Å². The molecule has 0 aliphatic heterocycles. The van der Waals surface area contributed by atoms with Gasteiger partial charge in [0.2, 0.25) is 5.91 Å². The van der Waals surface area contributed by atoms with E-state index in [1.54, 1.807) is 12.1 Å². The summed E-state index contributed by atoms with van der Waals surface area (Å²) >= 11 is 1.20. The van der Waals surface area contributed by atoms with Gasteiger partial charge in [0, 0.05) is 29.2 Å². The Morgan fingerprint density at radius 2 is 2.00 bits per heavy atom. The lowest BCUT2D eigenvalue weighted by Crippen LogP contribution is -2.21. The number of halogens is 2. The summed E-state index contributed by atoms with van der Waals surface area (Å²) in [5, 5.41) is 13.0. The smallest absolute Gasteiger partial charge is 0.245 e. The van der Waals surface area contributed by atoms with Gasteiger partial charge in [-0.25, -0.2) is 13.8 Å². The lowest BCUT2D eigenvalue weighted by molar-refractivity contribution is -0.114. The molecule has 2 aromatic carbocycles. The van der Waals surface area contributed by atoms with Gasteiger partial charge in [0.25, 0.3) is 0 Å². The second-order valence-corrected chi connectivity index (χ2v) is 6.14. The number of thiazole rings is 1. The van der Waals surface area contributed by atoms with Crippen LogP contribution in [0.4, 0.5) is 25.3 Å². The SMILES string of the molecule is N=Cc1c(N)ccc2nc(NC(=O)CNc3cc(F)cc(F)c3)sc12. The van der Waals surface area contributed by atoms with Crippen molar-refractivity contribution < 1.29 is 13.6 Å². The number of nitrogen functional groups attached to an aromatic ring is 1. The largest absolute Gasteiger partial charge is 0.398 e. The van der Waals surface area contributed by atoms with Crippen molar-refractivity contribution in [1.82, 2.24) is 4.98 Å². The van der Waals surface area contributed by atoms with E-state index < -0.39 is 17.5 Å². The van der Waals surface area contributed by atoms with E-state index in [0.717, 1.165) is 24.4 Å². The van der Waals surface area contributed by atoms with Crippen molar-refractivity contribution >= 4 is 50.2 Å². The zero-order valence-electron chi connectivity index (χ0n) is 12.8. The topological polar surface area (TPSA) is 104 Å². The summed E-state index contributed by atoms with van der Waals surface area (Å²) in [5.74, 6) is -1.88. The molecule has 0 fully saturated rings. The number of nitrogens with one attached hydrogen (secondary N) is 3. The molecule has 0 saturated heterocycles. The molecule has 128 valence electrons. The van der Waals surface area contributed by atoms with Crippen LogP contribution in [0, 0.1) is 17.0 Å². The van der Waals surface area contributed by atoms with E-state index in [2.05, 4.69) is 15.6 Å². The van der Waals surface area contributed by atoms with Crippen LogP contribution >= 0.6 is 11.3 Å². The van der Waals surface area contributed by atoms with Crippen molar-refractivity contribution in [2.24, 2.45) is 0 Å². The molecule has 0 saturated carbocycles. The quantitative estimate of drug-likeness (QED) is 0.414. The maximum absolute atomic E-state index is 13.1. The summed E-state index contributed by atoms with van der Waals surface area (Å²) in [6.45, 7) is -0.182. The van der Waals surface area contributed by atoms with E-state index in [-0.39, 0.29) is 12.2 Å². The zero-order chi connectivity index (χ0) is 18.0. The Bertz CT molecular complexity index is 952. The molecule has 1 heterocycles. The van der Waals surface area contributed by atoms with Crippen molar-refractivity contribution in [1.29, 1.82) is 5.41 Å². The molecule has 3 rings (SSSR count). The number of carbonyl (C=O) groups excluding carboxylic acids is 1. The fraction of sp³-hybridized carbons (Fsp3) is 0.0625. The molecule has 0 spiro atoms. The highest BCUT2D eigenvalue weighted by Crippen LogP contribution is 2.31. The fourth-order valence-corrected chi connectivity index (χ4v) is 3.24. The van der Waals surface area contributed by atoms with E-state index in [1.807, 2.05) is 0 Å². The van der Waals surface area contributed by atoms with E-state index >= 15 is 0 Å². The Kier molecular flexibility index (Phi) is 4.57. The molecule has 0 bridgehead atoms. The molecule has 5 N–H and O–H groups in total. The number of anilines is 3. The fourth-order valence-electron chi connectivity index (χ4n) is 2.23. The summed E-state index contributed by atoms with van der Waals surface area (Å²) in [4.78, 5) is 16.3. The predicted molar refractivity (Wildman–Crippen MR) is 95.4 cm³/mol.